The fourth-order valence-corrected chi connectivity index (χ4v) is 6.61. The summed E-state index contributed by atoms with van der Waals surface area (Å²) in [4.78, 5) is 11.8. The summed E-state index contributed by atoms with van der Waals surface area (Å²) in [6, 6.07) is 0. The van der Waals surface area contributed by atoms with E-state index in [2.05, 4.69) is 19.9 Å². The molecule has 3 fully saturated rings. The molecule has 0 radical (unpaired) electrons. The van der Waals surface area contributed by atoms with E-state index < -0.39 is 0 Å². The van der Waals surface area contributed by atoms with E-state index in [4.69, 9.17) is 0 Å². The molecule has 4 aliphatic rings. The van der Waals surface area contributed by atoms with Gasteiger partial charge in [0.2, 0.25) is 0 Å². The molecule has 0 heterocycles. The Hall–Kier alpha value is -0.630. The summed E-state index contributed by atoms with van der Waals surface area (Å²) in [6.07, 6.45) is 11.9. The zero-order valence-corrected chi connectivity index (χ0v) is 13.3. The Labute approximate surface area is 128 Å². The summed E-state index contributed by atoms with van der Waals surface area (Å²) in [5.74, 6) is 3.08. The van der Waals surface area contributed by atoms with Crippen LogP contribution < -0.4 is 0 Å². The molecule has 116 valence electrons. The molecule has 0 saturated heterocycles. The Bertz CT molecular complexity index is 496. The maximum atomic E-state index is 11.8. The second-order valence-electron chi connectivity index (χ2n) is 8.66. The Morgan fingerprint density at radius 2 is 1.90 bits per heavy atom. The van der Waals surface area contributed by atoms with Crippen molar-refractivity contribution in [2.45, 2.75) is 64.9 Å². The van der Waals surface area contributed by atoms with Gasteiger partial charge in [-0.25, -0.2) is 0 Å². The van der Waals surface area contributed by atoms with Gasteiger partial charge in [-0.2, -0.15) is 0 Å². The van der Waals surface area contributed by atoms with Crippen LogP contribution in [0.4, 0.5) is 0 Å². The first-order chi connectivity index (χ1) is 9.95. The molecule has 4 aliphatic carbocycles. The van der Waals surface area contributed by atoms with Gasteiger partial charge in [0, 0.05) is 6.42 Å². The Morgan fingerprint density at radius 3 is 2.71 bits per heavy atom. The zero-order chi connectivity index (χ0) is 14.8. The van der Waals surface area contributed by atoms with Crippen molar-refractivity contribution in [2.24, 2.45) is 34.5 Å². The van der Waals surface area contributed by atoms with Crippen LogP contribution in [-0.4, -0.2) is 17.0 Å². The van der Waals surface area contributed by atoms with E-state index in [1.807, 2.05) is 6.08 Å². The third kappa shape index (κ3) is 1.78. The second kappa shape index (κ2) is 4.44. The Morgan fingerprint density at radius 1 is 1.10 bits per heavy atom. The van der Waals surface area contributed by atoms with E-state index in [0.29, 0.717) is 17.6 Å². The minimum atomic E-state index is -0.0857. The van der Waals surface area contributed by atoms with Crippen LogP contribution in [0.2, 0.25) is 0 Å². The lowest BCUT2D eigenvalue weighted by molar-refractivity contribution is -0.123. The van der Waals surface area contributed by atoms with Crippen LogP contribution in [0.15, 0.2) is 12.2 Å². The molecule has 2 heteroatoms. The molecule has 0 bridgehead atoms. The Balaban J connectivity index is 1.68. The van der Waals surface area contributed by atoms with Crippen molar-refractivity contribution in [3.8, 4) is 0 Å². The summed E-state index contributed by atoms with van der Waals surface area (Å²) in [7, 11) is 0. The van der Waals surface area contributed by atoms with Gasteiger partial charge in [0.1, 0.15) is 0 Å². The number of rotatable bonds is 0. The van der Waals surface area contributed by atoms with Crippen LogP contribution in [0.1, 0.15) is 58.8 Å². The number of ketones is 1. The molecule has 0 spiro atoms. The van der Waals surface area contributed by atoms with Gasteiger partial charge in [-0.1, -0.05) is 19.9 Å². The molecule has 2 nitrogen and oxygen atoms in total. The fourth-order valence-electron chi connectivity index (χ4n) is 6.61. The largest absolute Gasteiger partial charge is 0.393 e. The zero-order valence-electron chi connectivity index (χ0n) is 13.3. The van der Waals surface area contributed by atoms with Crippen molar-refractivity contribution in [3.63, 3.8) is 0 Å². The van der Waals surface area contributed by atoms with Crippen LogP contribution in [0.5, 0.6) is 0 Å². The quantitative estimate of drug-likeness (QED) is 0.737. The van der Waals surface area contributed by atoms with Crippen molar-refractivity contribution in [1.82, 2.24) is 0 Å². The minimum Gasteiger partial charge on any atom is -0.393 e. The van der Waals surface area contributed by atoms with Crippen molar-refractivity contribution in [2.75, 3.05) is 0 Å². The molecule has 0 aromatic carbocycles. The predicted octanol–water partition coefficient (Wildman–Crippen LogP) is 3.74. The van der Waals surface area contributed by atoms with Crippen LogP contribution >= 0.6 is 0 Å². The van der Waals surface area contributed by atoms with E-state index in [1.54, 1.807) is 0 Å². The summed E-state index contributed by atoms with van der Waals surface area (Å²) >= 11 is 0. The standard InChI is InChI=1S/C19H28O2/c1-18-9-7-13(20)11-12(18)3-4-14-15-5-6-17(21)19(15,2)10-8-16(14)18/h7,9,12,14-17,21H,3-6,8,10-11H2,1-2H3/t12?,14?,15?,16?,17-,18-,19-/m0/s1. The highest BCUT2D eigenvalue weighted by Crippen LogP contribution is 2.64. The van der Waals surface area contributed by atoms with E-state index in [1.165, 1.54) is 32.1 Å². The normalized spacial score (nSPS) is 55.8. The van der Waals surface area contributed by atoms with Crippen LogP contribution in [0.3, 0.4) is 0 Å². The first-order valence-corrected chi connectivity index (χ1v) is 8.85. The van der Waals surface area contributed by atoms with E-state index >= 15 is 0 Å². The van der Waals surface area contributed by atoms with E-state index in [0.717, 1.165) is 24.7 Å². The van der Waals surface area contributed by atoms with Gasteiger partial charge < -0.3 is 5.11 Å². The van der Waals surface area contributed by atoms with Crippen molar-refractivity contribution in [3.05, 3.63) is 12.2 Å². The van der Waals surface area contributed by atoms with Crippen LogP contribution in [0.25, 0.3) is 0 Å². The number of hydrogen-bond acceptors (Lipinski definition) is 2. The average molecular weight is 288 g/mol. The lowest BCUT2D eigenvalue weighted by atomic mass is 9.46. The van der Waals surface area contributed by atoms with E-state index in [-0.39, 0.29) is 16.9 Å². The molecule has 0 aromatic rings. The van der Waals surface area contributed by atoms with E-state index in [9.17, 15) is 9.90 Å². The fraction of sp³-hybridized carbons (Fsp3) is 0.842. The van der Waals surface area contributed by atoms with Gasteiger partial charge >= 0.3 is 0 Å². The molecule has 7 atom stereocenters. The number of carbonyl (C=O) groups excluding carboxylic acids is 1. The summed E-state index contributed by atoms with van der Waals surface area (Å²) in [6.45, 7) is 4.74. The number of aliphatic hydroxyl groups excluding tert-OH is 1. The van der Waals surface area contributed by atoms with Crippen molar-refractivity contribution < 1.29 is 9.90 Å². The highest BCUT2D eigenvalue weighted by molar-refractivity contribution is 5.91. The molecule has 1 N–H and O–H groups in total. The predicted molar refractivity (Wildman–Crippen MR) is 82.6 cm³/mol. The molecule has 4 rings (SSSR count). The van der Waals surface area contributed by atoms with Crippen molar-refractivity contribution in [1.29, 1.82) is 0 Å². The van der Waals surface area contributed by atoms with Gasteiger partial charge in [-0.15, -0.1) is 0 Å². The highest BCUT2D eigenvalue weighted by Gasteiger charge is 2.59. The van der Waals surface area contributed by atoms with Gasteiger partial charge in [-0.3, -0.25) is 4.79 Å². The monoisotopic (exact) mass is 288 g/mol. The average Bonchev–Trinajstić information content (AvgIpc) is 2.76. The van der Waals surface area contributed by atoms with Gasteiger partial charge in [0.05, 0.1) is 6.10 Å². The summed E-state index contributed by atoms with van der Waals surface area (Å²) in [5.41, 5.74) is 0.393. The molecule has 0 aromatic heterocycles. The molecule has 3 saturated carbocycles. The third-order valence-corrected chi connectivity index (χ3v) is 7.99. The summed E-state index contributed by atoms with van der Waals surface area (Å²) in [5, 5.41) is 10.4. The summed E-state index contributed by atoms with van der Waals surface area (Å²) < 4.78 is 0. The lowest BCUT2D eigenvalue weighted by Gasteiger charge is -2.58. The number of carbonyl (C=O) groups is 1. The van der Waals surface area contributed by atoms with Crippen LogP contribution in [-0.2, 0) is 4.79 Å². The molecule has 0 amide bonds. The number of allylic oxidation sites excluding steroid dienone is 2. The Kier molecular flexibility index (Phi) is 2.96. The molecular weight excluding hydrogens is 260 g/mol. The highest BCUT2D eigenvalue weighted by atomic mass is 16.3. The molecular formula is C19H28O2. The number of aliphatic hydroxyl groups is 1. The molecule has 4 unspecified atom stereocenters. The topological polar surface area (TPSA) is 37.3 Å². The maximum Gasteiger partial charge on any atom is 0.155 e. The minimum absolute atomic E-state index is 0.0857. The number of fused-ring (bicyclic) bond motifs is 5. The SMILES string of the molecule is C[C@]12C=CC(=O)CC1CCC1C2CC[C@@]2(C)C1CC[C@@H]2O. The molecule has 21 heavy (non-hydrogen) atoms. The second-order valence-corrected chi connectivity index (χ2v) is 8.66. The first-order valence-electron chi connectivity index (χ1n) is 8.85. The van der Waals surface area contributed by atoms with Gasteiger partial charge in [0.15, 0.2) is 5.78 Å². The smallest absolute Gasteiger partial charge is 0.155 e. The van der Waals surface area contributed by atoms with Gasteiger partial charge in [0.25, 0.3) is 0 Å². The van der Waals surface area contributed by atoms with Crippen molar-refractivity contribution >= 4 is 5.78 Å². The maximum absolute atomic E-state index is 11.8. The third-order valence-electron chi connectivity index (χ3n) is 7.99. The first kappa shape index (κ1) is 14.0. The van der Waals surface area contributed by atoms with Crippen LogP contribution in [0, 0.1) is 34.5 Å². The lowest BCUT2D eigenvalue weighted by Crippen LogP contribution is -2.52. The number of hydrogen-bond donors (Lipinski definition) is 1. The van der Waals surface area contributed by atoms with Gasteiger partial charge in [-0.05, 0) is 79.1 Å². The molecule has 0 aliphatic heterocycles.